The Bertz CT molecular complexity index is 565. The summed E-state index contributed by atoms with van der Waals surface area (Å²) in [5.41, 5.74) is 0.818. The van der Waals surface area contributed by atoms with E-state index < -0.39 is 5.97 Å². The lowest BCUT2D eigenvalue weighted by Gasteiger charge is -2.29. The third kappa shape index (κ3) is 4.33. The van der Waals surface area contributed by atoms with Crippen molar-refractivity contribution in [3.63, 3.8) is 0 Å². The Kier molecular flexibility index (Phi) is 5.80. The Morgan fingerprint density at radius 2 is 2.04 bits per heavy atom. The summed E-state index contributed by atoms with van der Waals surface area (Å²) in [6, 6.07) is 0.179. The van der Waals surface area contributed by atoms with Crippen molar-refractivity contribution in [2.75, 3.05) is 6.61 Å². The van der Waals surface area contributed by atoms with Gasteiger partial charge in [0.2, 0.25) is 0 Å². The highest BCUT2D eigenvalue weighted by Gasteiger charge is 2.26. The van der Waals surface area contributed by atoms with E-state index in [1.54, 1.807) is 6.92 Å². The molecular formula is C17H26N2O4. The Morgan fingerprint density at radius 3 is 2.70 bits per heavy atom. The Morgan fingerprint density at radius 1 is 1.35 bits per heavy atom. The fraction of sp³-hybridized carbons (Fsp3) is 0.706. The third-order valence-corrected chi connectivity index (χ3v) is 4.41. The first-order chi connectivity index (χ1) is 10.9. The number of hydrogen-bond donors (Lipinski definition) is 1. The highest BCUT2D eigenvalue weighted by Crippen LogP contribution is 2.24. The second kappa shape index (κ2) is 7.62. The van der Waals surface area contributed by atoms with E-state index in [4.69, 9.17) is 9.26 Å². The molecule has 0 saturated heterocycles. The molecule has 1 heterocycles. The lowest BCUT2D eigenvalue weighted by atomic mass is 9.86. The van der Waals surface area contributed by atoms with Gasteiger partial charge in [-0.1, -0.05) is 38.8 Å². The molecule has 1 saturated carbocycles. The van der Waals surface area contributed by atoms with Crippen LogP contribution in [0.25, 0.3) is 0 Å². The van der Waals surface area contributed by atoms with Crippen molar-refractivity contribution in [1.82, 2.24) is 10.5 Å². The molecule has 1 aliphatic rings. The van der Waals surface area contributed by atoms with Crippen molar-refractivity contribution in [3.05, 3.63) is 17.0 Å². The summed E-state index contributed by atoms with van der Waals surface area (Å²) < 4.78 is 10.3. The lowest BCUT2D eigenvalue weighted by molar-refractivity contribution is -0.125. The molecule has 0 aromatic carbocycles. The van der Waals surface area contributed by atoms with Crippen LogP contribution in [-0.2, 0) is 9.53 Å². The van der Waals surface area contributed by atoms with Crippen molar-refractivity contribution < 1.29 is 18.8 Å². The van der Waals surface area contributed by atoms with Crippen molar-refractivity contribution >= 4 is 11.9 Å². The van der Waals surface area contributed by atoms with E-state index in [1.807, 2.05) is 13.8 Å². The molecule has 1 aromatic heterocycles. The summed E-state index contributed by atoms with van der Waals surface area (Å²) in [5.74, 6) is 0.178. The minimum atomic E-state index is -0.556. The smallest absolute Gasteiger partial charge is 0.344 e. The maximum absolute atomic E-state index is 12.2. The summed E-state index contributed by atoms with van der Waals surface area (Å²) in [4.78, 5) is 24.2. The van der Waals surface area contributed by atoms with Crippen LogP contribution in [0.3, 0.4) is 0 Å². The summed E-state index contributed by atoms with van der Waals surface area (Å²) in [6.45, 7) is 7.38. The number of nitrogens with zero attached hydrogens (tertiary/aromatic N) is 1. The van der Waals surface area contributed by atoms with Gasteiger partial charge in [0.15, 0.2) is 12.4 Å². The molecule has 1 aliphatic carbocycles. The molecule has 6 heteroatoms. The molecule has 0 unspecified atom stereocenters. The van der Waals surface area contributed by atoms with Gasteiger partial charge in [-0.25, -0.2) is 4.79 Å². The molecule has 128 valence electrons. The zero-order valence-electron chi connectivity index (χ0n) is 14.3. The molecule has 1 amide bonds. The van der Waals surface area contributed by atoms with E-state index in [0.29, 0.717) is 22.9 Å². The highest BCUT2D eigenvalue weighted by atomic mass is 16.5. The average Bonchev–Trinajstić information content (AvgIpc) is 2.89. The predicted molar refractivity (Wildman–Crippen MR) is 85.2 cm³/mol. The van der Waals surface area contributed by atoms with Gasteiger partial charge in [-0.3, -0.25) is 4.79 Å². The van der Waals surface area contributed by atoms with Gasteiger partial charge in [0, 0.05) is 12.0 Å². The number of hydrogen-bond acceptors (Lipinski definition) is 5. The van der Waals surface area contributed by atoms with Crippen LogP contribution in [0.4, 0.5) is 0 Å². The van der Waals surface area contributed by atoms with E-state index in [1.165, 1.54) is 6.42 Å². The Hall–Kier alpha value is -1.85. The second-order valence-electron chi connectivity index (χ2n) is 6.67. The molecule has 6 nitrogen and oxygen atoms in total. The van der Waals surface area contributed by atoms with Crippen LogP contribution in [-0.4, -0.2) is 29.7 Å². The first-order valence-corrected chi connectivity index (χ1v) is 8.32. The third-order valence-electron chi connectivity index (χ3n) is 4.41. The number of aromatic nitrogens is 1. The van der Waals surface area contributed by atoms with E-state index in [-0.39, 0.29) is 24.5 Å². The van der Waals surface area contributed by atoms with Crippen LogP contribution in [0.15, 0.2) is 4.52 Å². The molecule has 0 spiro atoms. The quantitative estimate of drug-likeness (QED) is 0.843. The van der Waals surface area contributed by atoms with Gasteiger partial charge in [-0.05, 0) is 25.7 Å². The summed E-state index contributed by atoms with van der Waals surface area (Å²) in [5, 5.41) is 6.78. The highest BCUT2D eigenvalue weighted by molar-refractivity contribution is 5.93. The molecule has 0 aliphatic heterocycles. The topological polar surface area (TPSA) is 81.4 Å². The SMILES string of the molecule is Cc1noc(C(C)C)c1C(=O)OCC(=O)N[C@@H]1CCCC[C@H]1C. The largest absolute Gasteiger partial charge is 0.452 e. The zero-order valence-corrected chi connectivity index (χ0v) is 14.3. The van der Waals surface area contributed by atoms with Crippen molar-refractivity contribution in [2.24, 2.45) is 5.92 Å². The number of ether oxygens (including phenoxy) is 1. The Balaban J connectivity index is 1.89. The molecule has 1 aromatic rings. The molecule has 1 N–H and O–H groups in total. The molecule has 2 atom stereocenters. The van der Waals surface area contributed by atoms with Gasteiger partial charge in [-0.2, -0.15) is 0 Å². The number of esters is 1. The summed E-state index contributed by atoms with van der Waals surface area (Å²) in [6.07, 6.45) is 4.46. The normalized spacial score (nSPS) is 21.3. The van der Waals surface area contributed by atoms with Crippen molar-refractivity contribution in [3.8, 4) is 0 Å². The molecule has 0 radical (unpaired) electrons. The molecule has 0 bridgehead atoms. The van der Waals surface area contributed by atoms with Crippen LogP contribution in [0.5, 0.6) is 0 Å². The number of carbonyl (C=O) groups is 2. The van der Waals surface area contributed by atoms with Crippen molar-refractivity contribution in [2.45, 2.75) is 65.3 Å². The van der Waals surface area contributed by atoms with E-state index in [0.717, 1.165) is 19.3 Å². The number of amides is 1. The van der Waals surface area contributed by atoms with Gasteiger partial charge in [-0.15, -0.1) is 0 Å². The van der Waals surface area contributed by atoms with Gasteiger partial charge in [0.25, 0.3) is 5.91 Å². The van der Waals surface area contributed by atoms with Crippen LogP contribution >= 0.6 is 0 Å². The fourth-order valence-corrected chi connectivity index (χ4v) is 3.01. The molecule has 1 fully saturated rings. The van der Waals surface area contributed by atoms with E-state index >= 15 is 0 Å². The first kappa shape index (κ1) is 17.5. The number of rotatable bonds is 5. The standard InChI is InChI=1S/C17H26N2O4/c1-10(2)16-15(12(4)19-23-16)17(21)22-9-14(20)18-13-8-6-5-7-11(13)3/h10-11,13H,5-9H2,1-4H3,(H,18,20)/t11-,13-/m1/s1. The zero-order chi connectivity index (χ0) is 17.0. The monoisotopic (exact) mass is 322 g/mol. The lowest BCUT2D eigenvalue weighted by Crippen LogP contribution is -2.42. The molecule has 23 heavy (non-hydrogen) atoms. The maximum atomic E-state index is 12.2. The van der Waals surface area contributed by atoms with E-state index in [9.17, 15) is 9.59 Å². The first-order valence-electron chi connectivity index (χ1n) is 8.32. The van der Waals surface area contributed by atoms with Crippen LogP contribution < -0.4 is 5.32 Å². The van der Waals surface area contributed by atoms with Gasteiger partial charge in [0.1, 0.15) is 5.56 Å². The minimum Gasteiger partial charge on any atom is -0.452 e. The van der Waals surface area contributed by atoms with Gasteiger partial charge >= 0.3 is 5.97 Å². The van der Waals surface area contributed by atoms with Gasteiger partial charge in [0.05, 0.1) is 5.69 Å². The number of aryl methyl sites for hydroxylation is 1. The maximum Gasteiger partial charge on any atom is 0.344 e. The Labute approximate surface area is 136 Å². The minimum absolute atomic E-state index is 0.0238. The summed E-state index contributed by atoms with van der Waals surface area (Å²) >= 11 is 0. The van der Waals surface area contributed by atoms with Crippen LogP contribution in [0.2, 0.25) is 0 Å². The van der Waals surface area contributed by atoms with Crippen LogP contribution in [0.1, 0.15) is 74.2 Å². The molecular weight excluding hydrogens is 296 g/mol. The summed E-state index contributed by atoms with van der Waals surface area (Å²) in [7, 11) is 0. The number of nitrogens with one attached hydrogen (secondary N) is 1. The fourth-order valence-electron chi connectivity index (χ4n) is 3.01. The van der Waals surface area contributed by atoms with Crippen LogP contribution in [0, 0.1) is 12.8 Å². The second-order valence-corrected chi connectivity index (χ2v) is 6.67. The van der Waals surface area contributed by atoms with E-state index in [2.05, 4.69) is 17.4 Å². The van der Waals surface area contributed by atoms with Gasteiger partial charge < -0.3 is 14.6 Å². The average molecular weight is 322 g/mol. The number of carbonyl (C=O) groups excluding carboxylic acids is 2. The van der Waals surface area contributed by atoms with Crippen molar-refractivity contribution in [1.29, 1.82) is 0 Å². The predicted octanol–water partition coefficient (Wildman–Crippen LogP) is 2.96. The molecule has 2 rings (SSSR count).